The van der Waals surface area contributed by atoms with Gasteiger partial charge in [-0.25, -0.2) is 4.98 Å². The molecule has 0 atom stereocenters. The summed E-state index contributed by atoms with van der Waals surface area (Å²) in [7, 11) is 0. The molecule has 0 aromatic carbocycles. The van der Waals surface area contributed by atoms with Crippen molar-refractivity contribution in [3.05, 3.63) is 39.1 Å². The van der Waals surface area contributed by atoms with Crippen molar-refractivity contribution in [2.75, 3.05) is 0 Å². The summed E-state index contributed by atoms with van der Waals surface area (Å²) in [6, 6.07) is 1.94. The number of halogens is 1. The SMILES string of the molecule is Cc1cc(-c2csc3nc(CCl)[nH]c(=O)c23)c(C)o1. The molecule has 0 bridgehead atoms. The van der Waals surface area contributed by atoms with Gasteiger partial charge in [0.15, 0.2) is 0 Å². The summed E-state index contributed by atoms with van der Waals surface area (Å²) in [5.41, 5.74) is 1.65. The van der Waals surface area contributed by atoms with Crippen LogP contribution in [0.15, 0.2) is 20.7 Å². The van der Waals surface area contributed by atoms with Gasteiger partial charge in [0.05, 0.1) is 11.3 Å². The van der Waals surface area contributed by atoms with E-state index in [-0.39, 0.29) is 11.4 Å². The fourth-order valence-electron chi connectivity index (χ4n) is 2.15. The molecule has 3 rings (SSSR count). The van der Waals surface area contributed by atoms with E-state index < -0.39 is 0 Å². The maximum atomic E-state index is 12.2. The number of furan rings is 1. The van der Waals surface area contributed by atoms with Crippen molar-refractivity contribution in [3.8, 4) is 11.1 Å². The van der Waals surface area contributed by atoms with Crippen LogP contribution in [0.3, 0.4) is 0 Å². The van der Waals surface area contributed by atoms with Crippen molar-refractivity contribution >= 4 is 33.2 Å². The number of rotatable bonds is 2. The fourth-order valence-corrected chi connectivity index (χ4v) is 3.24. The Labute approximate surface area is 118 Å². The van der Waals surface area contributed by atoms with Gasteiger partial charge in [-0.3, -0.25) is 4.79 Å². The third-order valence-corrected chi connectivity index (χ3v) is 4.08. The Morgan fingerprint density at radius 3 is 2.84 bits per heavy atom. The zero-order chi connectivity index (χ0) is 13.6. The Morgan fingerprint density at radius 2 is 2.21 bits per heavy atom. The molecule has 0 amide bonds. The molecule has 19 heavy (non-hydrogen) atoms. The Hall–Kier alpha value is -1.59. The number of fused-ring (bicyclic) bond motifs is 1. The van der Waals surface area contributed by atoms with Gasteiger partial charge in [0.2, 0.25) is 0 Å². The van der Waals surface area contributed by atoms with E-state index in [1.807, 2.05) is 25.3 Å². The molecule has 0 aliphatic carbocycles. The molecule has 0 saturated carbocycles. The third kappa shape index (κ3) is 1.99. The first-order valence-corrected chi connectivity index (χ1v) is 7.15. The van der Waals surface area contributed by atoms with Crippen molar-refractivity contribution < 1.29 is 4.42 Å². The second kappa shape index (κ2) is 4.51. The Morgan fingerprint density at radius 1 is 1.42 bits per heavy atom. The Balaban J connectivity index is 2.32. The summed E-state index contributed by atoms with van der Waals surface area (Å²) >= 11 is 7.15. The number of hydrogen-bond donors (Lipinski definition) is 1. The standard InChI is InChI=1S/C13H11ClN2O2S/c1-6-3-8(7(2)18-6)9-5-19-13-11(9)12(17)15-10(4-14)16-13/h3,5H,4H2,1-2H3,(H,15,16,17). The van der Waals surface area contributed by atoms with Crippen LogP contribution in [-0.4, -0.2) is 9.97 Å². The van der Waals surface area contributed by atoms with E-state index in [1.54, 1.807) is 0 Å². The number of H-pyrrole nitrogens is 1. The van der Waals surface area contributed by atoms with E-state index in [4.69, 9.17) is 16.0 Å². The summed E-state index contributed by atoms with van der Waals surface area (Å²) in [5.74, 6) is 2.32. The first kappa shape index (κ1) is 12.4. The molecule has 0 fully saturated rings. The van der Waals surface area contributed by atoms with Crippen LogP contribution in [-0.2, 0) is 5.88 Å². The Kier molecular flexibility index (Phi) is 2.95. The van der Waals surface area contributed by atoms with Crippen molar-refractivity contribution in [2.45, 2.75) is 19.7 Å². The normalized spacial score (nSPS) is 11.3. The molecule has 4 nitrogen and oxygen atoms in total. The predicted molar refractivity (Wildman–Crippen MR) is 77.0 cm³/mol. The Bertz CT molecular complexity index is 816. The van der Waals surface area contributed by atoms with Crippen LogP contribution >= 0.6 is 22.9 Å². The van der Waals surface area contributed by atoms with Gasteiger partial charge in [-0.2, -0.15) is 0 Å². The summed E-state index contributed by atoms with van der Waals surface area (Å²) in [4.78, 5) is 19.9. The minimum atomic E-state index is -0.157. The molecule has 6 heteroatoms. The van der Waals surface area contributed by atoms with E-state index in [0.717, 1.165) is 22.6 Å². The van der Waals surface area contributed by atoms with Gasteiger partial charge in [-0.05, 0) is 19.9 Å². The van der Waals surface area contributed by atoms with Crippen LogP contribution < -0.4 is 5.56 Å². The number of aromatic amines is 1. The summed E-state index contributed by atoms with van der Waals surface area (Å²) < 4.78 is 5.52. The summed E-state index contributed by atoms with van der Waals surface area (Å²) in [5, 5.41) is 2.53. The minimum absolute atomic E-state index is 0.157. The highest BCUT2D eigenvalue weighted by atomic mass is 35.5. The number of hydrogen-bond acceptors (Lipinski definition) is 4. The highest BCUT2D eigenvalue weighted by molar-refractivity contribution is 7.17. The third-order valence-electron chi connectivity index (χ3n) is 2.95. The van der Waals surface area contributed by atoms with E-state index in [2.05, 4.69) is 9.97 Å². The molecular formula is C13H11ClN2O2S. The number of thiophene rings is 1. The van der Waals surface area contributed by atoms with Crippen molar-refractivity contribution in [1.82, 2.24) is 9.97 Å². The van der Waals surface area contributed by atoms with Gasteiger partial charge in [-0.1, -0.05) is 0 Å². The molecule has 0 unspecified atom stereocenters. The van der Waals surface area contributed by atoms with Gasteiger partial charge in [0, 0.05) is 16.5 Å². The molecule has 3 aromatic heterocycles. The lowest BCUT2D eigenvalue weighted by atomic mass is 10.1. The van der Waals surface area contributed by atoms with Gasteiger partial charge in [0.25, 0.3) is 5.56 Å². The average molecular weight is 295 g/mol. The first-order valence-electron chi connectivity index (χ1n) is 5.74. The molecule has 0 saturated heterocycles. The quantitative estimate of drug-likeness (QED) is 0.735. The van der Waals surface area contributed by atoms with Gasteiger partial charge in [0.1, 0.15) is 22.2 Å². The van der Waals surface area contributed by atoms with E-state index in [9.17, 15) is 4.79 Å². The highest BCUT2D eigenvalue weighted by Gasteiger charge is 2.16. The molecule has 98 valence electrons. The van der Waals surface area contributed by atoms with Crippen LogP contribution in [0.2, 0.25) is 0 Å². The van der Waals surface area contributed by atoms with E-state index in [0.29, 0.717) is 16.0 Å². The summed E-state index contributed by atoms with van der Waals surface area (Å²) in [6.07, 6.45) is 0. The topological polar surface area (TPSA) is 58.9 Å². The first-order chi connectivity index (χ1) is 9.10. The molecule has 0 radical (unpaired) electrons. The highest BCUT2D eigenvalue weighted by Crippen LogP contribution is 2.34. The smallest absolute Gasteiger partial charge is 0.260 e. The predicted octanol–water partition coefficient (Wildman–Crippen LogP) is 3.60. The second-order valence-corrected chi connectivity index (χ2v) is 5.43. The van der Waals surface area contributed by atoms with Crippen molar-refractivity contribution in [2.24, 2.45) is 0 Å². The maximum Gasteiger partial charge on any atom is 0.260 e. The lowest BCUT2D eigenvalue weighted by molar-refractivity contribution is 0.505. The van der Waals surface area contributed by atoms with Crippen LogP contribution in [0.25, 0.3) is 21.3 Å². The zero-order valence-electron chi connectivity index (χ0n) is 10.4. The van der Waals surface area contributed by atoms with Gasteiger partial charge in [-0.15, -0.1) is 22.9 Å². The lowest BCUT2D eigenvalue weighted by Crippen LogP contribution is -2.10. The molecule has 1 N–H and O–H groups in total. The molecule has 0 aliphatic heterocycles. The summed E-state index contributed by atoms with van der Waals surface area (Å²) in [6.45, 7) is 3.78. The van der Waals surface area contributed by atoms with E-state index >= 15 is 0 Å². The van der Waals surface area contributed by atoms with E-state index in [1.165, 1.54) is 11.3 Å². The molecule has 3 heterocycles. The van der Waals surface area contributed by atoms with Crippen LogP contribution in [0, 0.1) is 13.8 Å². The van der Waals surface area contributed by atoms with Crippen LogP contribution in [0.5, 0.6) is 0 Å². The minimum Gasteiger partial charge on any atom is -0.466 e. The molecule has 3 aromatic rings. The zero-order valence-corrected chi connectivity index (χ0v) is 12.0. The number of nitrogens with zero attached hydrogens (tertiary/aromatic N) is 1. The molecular weight excluding hydrogens is 284 g/mol. The van der Waals surface area contributed by atoms with Crippen LogP contribution in [0.1, 0.15) is 17.3 Å². The molecule has 0 aliphatic rings. The molecule has 0 spiro atoms. The number of aryl methyl sites for hydroxylation is 2. The van der Waals surface area contributed by atoms with Crippen molar-refractivity contribution in [3.63, 3.8) is 0 Å². The maximum absolute atomic E-state index is 12.2. The average Bonchev–Trinajstić information content (AvgIpc) is 2.92. The van der Waals surface area contributed by atoms with Crippen molar-refractivity contribution in [1.29, 1.82) is 0 Å². The largest absolute Gasteiger partial charge is 0.466 e. The number of alkyl halides is 1. The van der Waals surface area contributed by atoms with Gasteiger partial charge >= 0.3 is 0 Å². The van der Waals surface area contributed by atoms with Crippen LogP contribution in [0.4, 0.5) is 0 Å². The number of nitrogens with one attached hydrogen (secondary N) is 1. The monoisotopic (exact) mass is 294 g/mol. The second-order valence-electron chi connectivity index (χ2n) is 4.30. The van der Waals surface area contributed by atoms with Gasteiger partial charge < -0.3 is 9.40 Å². The lowest BCUT2D eigenvalue weighted by Gasteiger charge is -1.98. The number of aromatic nitrogens is 2. The fraction of sp³-hybridized carbons (Fsp3) is 0.231.